The first kappa shape index (κ1) is 177. The zero-order chi connectivity index (χ0) is 103. The maximum Gasteiger partial charge on any atom is 0 e. The quantitative estimate of drug-likeness (QED) is 0.326. The van der Waals surface area contributed by atoms with Crippen LogP contribution in [0, 0.1) is 0 Å². The minimum absolute atomic E-state index is 1.37. The summed E-state index contributed by atoms with van der Waals surface area (Å²) in [6.45, 7) is 0. The summed E-state index contributed by atoms with van der Waals surface area (Å²) < 4.78 is 0. The largest absolute Gasteiger partial charge is 0 e. The smallest absolute Gasteiger partial charge is 0 e. The van der Waals surface area contributed by atoms with Gasteiger partial charge in [0.2, 0.25) is 0 Å². The first-order valence-electron chi connectivity index (χ1n) is 24.0. The van der Waals surface area contributed by atoms with Gasteiger partial charge in [-0.05, 0) is 0 Å². The molecule has 0 amide bonds. The molecule has 145 heteroatoms. The van der Waals surface area contributed by atoms with Gasteiger partial charge in [-0.15, -0.1) is 0 Å². The van der Waals surface area contributed by atoms with Crippen molar-refractivity contribution in [2.24, 2.45) is 0 Å². The van der Waals surface area contributed by atoms with Gasteiger partial charge >= 0.3 is 0 Å². The summed E-state index contributed by atoms with van der Waals surface area (Å²) >= 11 is 9.67. The molecule has 0 aromatic rings. The maximum atomic E-state index is 4.84. The molecule has 0 aliphatic heterocycles. The van der Waals surface area contributed by atoms with Crippen molar-refractivity contribution in [3.63, 3.8) is 0 Å². The average Bonchev–Trinajstić information content (AvgIpc) is 1.11. The Kier molecular flexibility index (Phi) is 215. The third-order valence-corrected chi connectivity index (χ3v) is 319. The second kappa shape index (κ2) is 176. The van der Waals surface area contributed by atoms with Crippen molar-refractivity contribution in [1.29, 1.82) is 0 Å². The van der Waals surface area contributed by atoms with Crippen LogP contribution in [0.1, 0.15) is 0 Å². The van der Waals surface area contributed by atoms with Gasteiger partial charge in [-0.3, -0.25) is 0 Å². The summed E-state index contributed by atoms with van der Waals surface area (Å²) in [7, 11) is 260. The van der Waals surface area contributed by atoms with Crippen LogP contribution >= 0.6 is 0 Å². The monoisotopic (exact) mass is 4640 g/mol. The lowest BCUT2D eigenvalue weighted by Gasteiger charge is -1.41. The SMILES string of the molecule is S=S=S=S=S=S=S=S=S=S=S=S=S=S=S=S=S=S=S=S=S=S=S=S=S=S=S=S=S=S=S=S=S=S=S=S=S=S=S=S=S=S=S=S=S=S=S=S=S=S=S=S=S=S=S=S=S=S=S=S=S=S=S=S=S=S=S=S=S=S=S=S=S=S=S=S=S=S=S=S=S=S=S=S=S=S=S=S=S=S=S=S=S=S=S=S=S=S=S=S=S=S=S=S=S=S=S=S=S=S=S=S=S=S=S=S=S=S=S=S=S=S=S=S=S=S=S=S=S=S=S=S=S=S=S=S=S=S=S=S=S=S=S=S=S. The predicted octanol–water partition coefficient (Wildman–Crippen LogP) is -0.348. The van der Waals surface area contributed by atoms with Crippen molar-refractivity contribution in [2.45, 2.75) is 0 Å². The summed E-state index contributed by atoms with van der Waals surface area (Å²) in [5, 5.41) is 0. The van der Waals surface area contributed by atoms with E-state index in [1.54, 1.807) is 107 Å². The highest BCUT2D eigenvalue weighted by molar-refractivity contribution is 8.92. The lowest BCUT2D eigenvalue weighted by Crippen LogP contribution is -1.42. The fourth-order valence-electron chi connectivity index (χ4n) is 1.60. The van der Waals surface area contributed by atoms with Crippen LogP contribution in [0.3, 0.4) is 0 Å². The molecule has 0 atom stereocenters. The molecule has 145 heavy (non-hydrogen) atoms. The van der Waals surface area contributed by atoms with E-state index in [4.69, 9.17) is 22.4 Å². The van der Waals surface area contributed by atoms with Crippen LogP contribution in [-0.4, -0.2) is 0 Å². The van der Waals surface area contributed by atoms with E-state index in [0.717, 1.165) is 0 Å². The van der Waals surface area contributed by atoms with Crippen molar-refractivity contribution in [2.75, 3.05) is 0 Å². The zero-order valence-electron chi connectivity index (χ0n) is 59.2. The summed E-state index contributed by atoms with van der Waals surface area (Å²) in [5.41, 5.74) is 0. The van der Waals surface area contributed by atoms with Gasteiger partial charge in [0.1, 0.15) is 0 Å². The Balaban J connectivity index is 6.21. The molecular weight excluding hydrogens is 4650 g/mol. The van der Waals surface area contributed by atoms with Gasteiger partial charge < -0.3 is 0 Å². The summed E-state index contributed by atoms with van der Waals surface area (Å²) in [6.07, 6.45) is 0. The Morgan fingerprint density at radius 1 is 0.0345 bits per heavy atom. The lowest BCUT2D eigenvalue weighted by molar-refractivity contribution is 5.95. The highest BCUT2D eigenvalue weighted by Gasteiger charge is 1.55. The molecule has 0 aromatic carbocycles. The second-order valence-electron chi connectivity index (χ2n) is 9.73. The highest BCUT2D eigenvalue weighted by atomic mass is 33.6. The van der Waals surface area contributed by atoms with E-state index in [1.807, 2.05) is 1150 Å². The lowest BCUT2D eigenvalue weighted by atomic mass is 30.7. The van der Waals surface area contributed by atoms with Gasteiger partial charge in [-0.1, -0.05) is 0 Å². The molecule has 0 saturated heterocycles. The van der Waals surface area contributed by atoms with Crippen molar-refractivity contribution >= 4 is 1290 Å². The molecule has 0 spiro atoms. The van der Waals surface area contributed by atoms with Gasteiger partial charge in [-0.2, -0.15) is 0 Å². The first-order valence-corrected chi connectivity index (χ1v) is 216. The minimum Gasteiger partial charge on any atom is 0 e. The van der Waals surface area contributed by atoms with Crippen LogP contribution in [-0.2, 0) is 1290 Å². The van der Waals surface area contributed by atoms with Gasteiger partial charge in [0, 0.05) is 1290 Å². The van der Waals surface area contributed by atoms with Crippen LogP contribution in [0.4, 0.5) is 0 Å². The molecule has 0 fully saturated rings. The van der Waals surface area contributed by atoms with Crippen molar-refractivity contribution in [3.05, 3.63) is 0 Å². The Morgan fingerprint density at radius 3 is 0.0759 bits per heavy atom. The predicted molar refractivity (Wildman–Crippen MR) is 1070 cm³/mol. The van der Waals surface area contributed by atoms with Gasteiger partial charge in [0.15, 0.2) is 0 Å². The fourth-order valence-corrected chi connectivity index (χ4v) is 389. The fraction of sp³-hybridized carbons (Fsp3) is 0. The maximum absolute atomic E-state index is 4.84. The molecule has 0 heterocycles. The Bertz CT molecular complexity index is 10700. The van der Waals surface area contributed by atoms with Crippen molar-refractivity contribution in [3.8, 4) is 0 Å². The van der Waals surface area contributed by atoms with E-state index in [0.29, 0.717) is 0 Å². The molecule has 0 unspecified atom stereocenters. The van der Waals surface area contributed by atoms with E-state index in [1.165, 1.54) is 17.8 Å². The van der Waals surface area contributed by atoms with Gasteiger partial charge in [-0.25, -0.2) is 0 Å². The van der Waals surface area contributed by atoms with Crippen molar-refractivity contribution < 1.29 is 0 Å². The topological polar surface area (TPSA) is 0 Å². The van der Waals surface area contributed by atoms with Crippen LogP contribution < -0.4 is 0 Å². The van der Waals surface area contributed by atoms with E-state index in [-0.39, 0.29) is 0 Å². The van der Waals surface area contributed by atoms with E-state index in [2.05, 4.69) is 0 Å². The molecule has 0 rings (SSSR count). The third kappa shape index (κ3) is 176. The molecule has 870 valence electrons. The molecule has 0 saturated carbocycles. The van der Waals surface area contributed by atoms with Gasteiger partial charge in [0.25, 0.3) is 0 Å². The first-order chi connectivity index (χ1) is 72.4. The highest BCUT2D eigenvalue weighted by Crippen LogP contribution is 1.55. The standard InChI is InChI=1S/S145/c1-3-5-7-9-11-13-15-17-19-21-23-25-27-29-31-33-35-37-39-41-43-45-47-49-51-53-55-57-59-61-63-65-67-69-71-73-75-77-79-81-83-85-87-89-91-93-95-97-99-101-103-105-107-109-111-113-115-117-119-121-123-125-127-129-131-133-135-137-139-141-143-145-144-142-140-138-136-134-132-130-128-126-124-122-120-118-116-114-112-110-108-106-104-102-100-98-96-94-92-90-88-86-84-82-80-78-76-74-72-70-68-66-64-62-60-58-56-54-52-50-48-46-44-42-40-38-36-34-32-30-28-26-24-22-20-18-16-14-12-10-8-6-4-2. The van der Waals surface area contributed by atoms with E-state index in [9.17, 15) is 0 Å². The molecule has 0 radical (unpaired) electrons. The van der Waals surface area contributed by atoms with Crippen molar-refractivity contribution in [1.82, 2.24) is 0 Å². The zero-order valence-corrected chi connectivity index (χ0v) is 178. The normalized spacial score (nSPS) is 7.92. The minimum atomic E-state index is 1.37. The molecule has 0 aromatic heterocycles. The average molecular weight is 4650 g/mol. The number of hydrogen-bond acceptors (Lipinski definition) is 2. The number of hydrogen-bond donors (Lipinski definition) is 0. The molecule has 0 aliphatic rings. The molecule has 0 N–H and O–H groups in total. The van der Waals surface area contributed by atoms with E-state index < -0.39 is 0 Å². The van der Waals surface area contributed by atoms with Crippen LogP contribution in [0.15, 0.2) is 0 Å². The summed E-state index contributed by atoms with van der Waals surface area (Å²) in [4.78, 5) is 0. The van der Waals surface area contributed by atoms with Crippen LogP contribution in [0.25, 0.3) is 0 Å². The third-order valence-electron chi connectivity index (χ3n) is 3.94. The molecule has 0 aliphatic carbocycles. The summed E-state index contributed by atoms with van der Waals surface area (Å²) in [6, 6.07) is 0. The Hall–Kier alpha value is 31.9. The van der Waals surface area contributed by atoms with Crippen LogP contribution in [0.5, 0.6) is 0 Å². The Labute approximate surface area is 1250 Å². The number of rotatable bonds is 0. The molecule has 0 nitrogen and oxygen atoms in total. The van der Waals surface area contributed by atoms with Gasteiger partial charge in [0.05, 0.1) is 0 Å². The Morgan fingerprint density at radius 2 is 0.0552 bits per heavy atom. The van der Waals surface area contributed by atoms with Crippen LogP contribution in [0.2, 0.25) is 0 Å². The molecular formula is S145. The summed E-state index contributed by atoms with van der Waals surface area (Å²) in [5.74, 6) is 0. The second-order valence-corrected chi connectivity index (χ2v) is 263. The molecule has 0 bridgehead atoms. The van der Waals surface area contributed by atoms with E-state index >= 15 is 0 Å².